The molecule has 0 atom stereocenters. The number of hydrogen-bond donors (Lipinski definition) is 0. The van der Waals surface area contributed by atoms with E-state index in [1.54, 1.807) is 0 Å². The van der Waals surface area contributed by atoms with Gasteiger partial charge in [-0.15, -0.1) is 0 Å². The zero-order valence-electron chi connectivity index (χ0n) is 3.99. The first kappa shape index (κ1) is 9.16. The summed E-state index contributed by atoms with van der Waals surface area (Å²) in [6.45, 7) is 4.18. The van der Waals surface area contributed by atoms with Crippen molar-refractivity contribution < 1.29 is 19.5 Å². The van der Waals surface area contributed by atoms with Crippen LogP contribution in [0.4, 0.5) is 0 Å². The Morgan fingerprint density at radius 2 is 1.80 bits per heavy atom. The molecule has 0 aromatic rings. The van der Waals surface area contributed by atoms with E-state index >= 15 is 0 Å². The summed E-state index contributed by atoms with van der Waals surface area (Å²) in [6.07, 6.45) is 3.32. The molecule has 0 saturated heterocycles. The van der Waals surface area contributed by atoms with Crippen LogP contribution in [0.2, 0.25) is 0 Å². The fraction of sp³-hybridized carbons (Fsp3) is 0.750. The zero-order valence-corrected chi connectivity index (χ0v) is 6.96. The van der Waals surface area contributed by atoms with E-state index in [1.165, 1.54) is 6.42 Å². The van der Waals surface area contributed by atoms with Crippen LogP contribution < -0.4 is 0 Å². The Hall–Kier alpha value is 0.623. The third-order valence-electron chi connectivity index (χ3n) is 0.408. The SMILES string of the molecule is C[CH]CC.[Zn]. The van der Waals surface area contributed by atoms with E-state index in [0.717, 1.165) is 0 Å². The molecule has 1 heteroatoms. The smallest absolute Gasteiger partial charge is 0 e. The van der Waals surface area contributed by atoms with E-state index in [4.69, 9.17) is 0 Å². The monoisotopic (exact) mass is 121 g/mol. The molecule has 0 aromatic carbocycles. The van der Waals surface area contributed by atoms with Crippen molar-refractivity contribution in [2.45, 2.75) is 20.3 Å². The van der Waals surface area contributed by atoms with Gasteiger partial charge < -0.3 is 0 Å². The van der Waals surface area contributed by atoms with Crippen molar-refractivity contribution in [3.63, 3.8) is 0 Å². The van der Waals surface area contributed by atoms with Crippen LogP contribution in [0, 0.1) is 6.42 Å². The van der Waals surface area contributed by atoms with Crippen molar-refractivity contribution in [2.75, 3.05) is 0 Å². The standard InChI is InChI=1S/C4H9.Zn/c1-3-4-2;/h3H,4H2,1-2H3;. The maximum absolute atomic E-state index is 2.12. The predicted molar refractivity (Wildman–Crippen MR) is 20.3 cm³/mol. The molecule has 0 aliphatic rings. The van der Waals surface area contributed by atoms with Crippen molar-refractivity contribution in [1.29, 1.82) is 0 Å². The molecule has 0 nitrogen and oxygen atoms in total. The number of rotatable bonds is 1. The molecule has 0 amide bonds. The fourth-order valence-electron chi connectivity index (χ4n) is 0. The molecule has 0 unspecified atom stereocenters. The van der Waals surface area contributed by atoms with E-state index in [9.17, 15) is 0 Å². The van der Waals surface area contributed by atoms with Gasteiger partial charge in [-0.1, -0.05) is 20.3 Å². The summed E-state index contributed by atoms with van der Waals surface area (Å²) in [5.74, 6) is 0. The van der Waals surface area contributed by atoms with Gasteiger partial charge in [0.25, 0.3) is 0 Å². The molecule has 0 aliphatic carbocycles. The van der Waals surface area contributed by atoms with Gasteiger partial charge in [0, 0.05) is 19.5 Å². The van der Waals surface area contributed by atoms with E-state index in [0.29, 0.717) is 0 Å². The molecular formula is C4H9Zn. The van der Waals surface area contributed by atoms with Gasteiger partial charge in [0.1, 0.15) is 0 Å². The van der Waals surface area contributed by atoms with Gasteiger partial charge in [0.05, 0.1) is 0 Å². The summed E-state index contributed by atoms with van der Waals surface area (Å²) >= 11 is 0. The van der Waals surface area contributed by atoms with Gasteiger partial charge >= 0.3 is 0 Å². The van der Waals surface area contributed by atoms with Crippen LogP contribution in [0.15, 0.2) is 0 Å². The van der Waals surface area contributed by atoms with Crippen molar-refractivity contribution >= 4 is 0 Å². The second-order valence-corrected chi connectivity index (χ2v) is 0.816. The summed E-state index contributed by atoms with van der Waals surface area (Å²) in [4.78, 5) is 0. The Morgan fingerprint density at radius 1 is 1.60 bits per heavy atom. The maximum atomic E-state index is 2.12. The van der Waals surface area contributed by atoms with E-state index < -0.39 is 0 Å². The van der Waals surface area contributed by atoms with Crippen LogP contribution in [-0.4, -0.2) is 0 Å². The average Bonchev–Trinajstić information content (AvgIpc) is 1.37. The van der Waals surface area contributed by atoms with Gasteiger partial charge in [-0.05, 0) is 6.42 Å². The molecule has 27 valence electrons. The van der Waals surface area contributed by atoms with E-state index in [1.807, 2.05) is 0 Å². The molecule has 0 N–H and O–H groups in total. The molecular weight excluding hydrogens is 113 g/mol. The van der Waals surface area contributed by atoms with Crippen molar-refractivity contribution in [3.8, 4) is 0 Å². The van der Waals surface area contributed by atoms with Gasteiger partial charge in [-0.25, -0.2) is 0 Å². The summed E-state index contributed by atoms with van der Waals surface area (Å²) < 4.78 is 0. The third kappa shape index (κ3) is 12.1. The topological polar surface area (TPSA) is 0 Å². The number of hydrogen-bond acceptors (Lipinski definition) is 0. The van der Waals surface area contributed by atoms with Crippen LogP contribution in [0.1, 0.15) is 20.3 Å². The van der Waals surface area contributed by atoms with Crippen LogP contribution in [0.25, 0.3) is 0 Å². The van der Waals surface area contributed by atoms with Gasteiger partial charge in [-0.2, -0.15) is 0 Å². The Bertz CT molecular complexity index is 5.61. The fourth-order valence-corrected chi connectivity index (χ4v) is 0. The van der Waals surface area contributed by atoms with E-state index in [2.05, 4.69) is 20.3 Å². The van der Waals surface area contributed by atoms with Crippen molar-refractivity contribution in [1.82, 2.24) is 0 Å². The third-order valence-corrected chi connectivity index (χ3v) is 0.408. The Balaban J connectivity index is 0. The molecule has 0 aromatic heterocycles. The Labute approximate surface area is 46.7 Å². The van der Waals surface area contributed by atoms with Crippen LogP contribution in [-0.2, 0) is 19.5 Å². The molecule has 0 fully saturated rings. The summed E-state index contributed by atoms with van der Waals surface area (Å²) in [5.41, 5.74) is 0. The van der Waals surface area contributed by atoms with Crippen LogP contribution in [0.5, 0.6) is 0 Å². The predicted octanol–water partition coefficient (Wildman–Crippen LogP) is 1.62. The second-order valence-electron chi connectivity index (χ2n) is 0.816. The second kappa shape index (κ2) is 8.82. The quantitative estimate of drug-likeness (QED) is 0.464. The molecule has 0 rings (SSSR count). The largest absolute Gasteiger partial charge is 0.0651 e. The minimum atomic E-state index is 0. The first-order chi connectivity index (χ1) is 1.91. The maximum Gasteiger partial charge on any atom is 0 e. The van der Waals surface area contributed by atoms with Gasteiger partial charge in [0.15, 0.2) is 0 Å². The molecule has 0 heterocycles. The Morgan fingerprint density at radius 3 is 1.80 bits per heavy atom. The van der Waals surface area contributed by atoms with Crippen molar-refractivity contribution in [2.24, 2.45) is 0 Å². The van der Waals surface area contributed by atoms with Gasteiger partial charge in [-0.3, -0.25) is 0 Å². The first-order valence-corrected chi connectivity index (χ1v) is 1.69. The molecule has 0 bridgehead atoms. The minimum Gasteiger partial charge on any atom is -0.0651 e. The summed E-state index contributed by atoms with van der Waals surface area (Å²) in [6, 6.07) is 0. The molecule has 0 saturated carbocycles. The van der Waals surface area contributed by atoms with Crippen LogP contribution >= 0.6 is 0 Å². The average molecular weight is 123 g/mol. The summed E-state index contributed by atoms with van der Waals surface area (Å²) in [7, 11) is 0. The minimum absolute atomic E-state index is 0. The normalized spacial score (nSPS) is 6.00. The van der Waals surface area contributed by atoms with E-state index in [-0.39, 0.29) is 19.5 Å². The molecule has 0 spiro atoms. The van der Waals surface area contributed by atoms with Crippen LogP contribution in [0.3, 0.4) is 0 Å². The van der Waals surface area contributed by atoms with Crippen molar-refractivity contribution in [3.05, 3.63) is 6.42 Å². The molecule has 5 heavy (non-hydrogen) atoms. The molecule has 0 aliphatic heterocycles. The Kier molecular flexibility index (Phi) is 16.2. The zero-order chi connectivity index (χ0) is 3.41. The number of unbranched alkanes of at least 4 members (excludes halogenated alkanes) is 1. The summed E-state index contributed by atoms with van der Waals surface area (Å²) in [5, 5.41) is 0. The molecule has 1 radical (unpaired) electrons. The first-order valence-electron chi connectivity index (χ1n) is 1.69. The van der Waals surface area contributed by atoms with Gasteiger partial charge in [0.2, 0.25) is 0 Å².